The van der Waals surface area contributed by atoms with Gasteiger partial charge in [0.25, 0.3) is 0 Å². The minimum absolute atomic E-state index is 0.0597. The molecule has 20 heavy (non-hydrogen) atoms. The maximum atomic E-state index is 12.3. The van der Waals surface area contributed by atoms with Crippen LogP contribution in [0, 0.1) is 12.8 Å². The molecule has 2 atom stereocenters. The molecule has 1 aromatic rings. The van der Waals surface area contributed by atoms with Crippen molar-refractivity contribution in [2.45, 2.75) is 39.7 Å². The average molecular weight is 276 g/mol. The van der Waals surface area contributed by atoms with E-state index in [0.29, 0.717) is 12.5 Å². The Balaban J connectivity index is 2.03. The molecular weight excluding hydrogens is 252 g/mol. The number of hydrogen-bond acceptors (Lipinski definition) is 3. The van der Waals surface area contributed by atoms with Crippen LogP contribution in [0.2, 0.25) is 0 Å². The van der Waals surface area contributed by atoms with Gasteiger partial charge in [0, 0.05) is 5.69 Å². The van der Waals surface area contributed by atoms with Gasteiger partial charge in [-0.15, -0.1) is 0 Å². The summed E-state index contributed by atoms with van der Waals surface area (Å²) in [5, 5.41) is 6.33. The van der Waals surface area contributed by atoms with Crippen molar-refractivity contribution in [3.8, 4) is 5.75 Å². The van der Waals surface area contributed by atoms with Crippen molar-refractivity contribution in [1.82, 2.24) is 5.32 Å². The standard InChI is InChI=1S/C16H24N2O2/c1-4-20-13-7-8-14(12(3)10-13)18-16(19)15-11(2)6-5-9-17-15/h7-8,10-11,15,17H,4-6,9H2,1-3H3,(H,18,19). The molecule has 4 heteroatoms. The van der Waals surface area contributed by atoms with Gasteiger partial charge >= 0.3 is 0 Å². The third-order valence-corrected chi connectivity index (χ3v) is 3.82. The second kappa shape index (κ2) is 6.75. The minimum Gasteiger partial charge on any atom is -0.494 e. The van der Waals surface area contributed by atoms with Crippen molar-refractivity contribution in [3.05, 3.63) is 23.8 Å². The van der Waals surface area contributed by atoms with Gasteiger partial charge in [-0.05, 0) is 62.9 Å². The van der Waals surface area contributed by atoms with E-state index in [0.717, 1.165) is 36.4 Å². The van der Waals surface area contributed by atoms with E-state index in [-0.39, 0.29) is 11.9 Å². The monoisotopic (exact) mass is 276 g/mol. The summed E-state index contributed by atoms with van der Waals surface area (Å²) in [5.74, 6) is 1.28. The molecule has 2 rings (SSSR count). The lowest BCUT2D eigenvalue weighted by molar-refractivity contribution is -0.119. The summed E-state index contributed by atoms with van der Waals surface area (Å²) in [6.45, 7) is 7.64. The fourth-order valence-electron chi connectivity index (χ4n) is 2.64. The highest BCUT2D eigenvalue weighted by atomic mass is 16.5. The van der Waals surface area contributed by atoms with E-state index in [2.05, 4.69) is 17.6 Å². The smallest absolute Gasteiger partial charge is 0.241 e. The number of carbonyl (C=O) groups is 1. The molecule has 0 spiro atoms. The fraction of sp³-hybridized carbons (Fsp3) is 0.562. The third kappa shape index (κ3) is 3.51. The Bertz CT molecular complexity index is 474. The van der Waals surface area contributed by atoms with Crippen LogP contribution in [0.25, 0.3) is 0 Å². The zero-order valence-corrected chi connectivity index (χ0v) is 12.5. The van der Waals surface area contributed by atoms with Gasteiger partial charge in [0.15, 0.2) is 0 Å². The quantitative estimate of drug-likeness (QED) is 0.889. The number of piperidine rings is 1. The van der Waals surface area contributed by atoms with E-state index in [1.54, 1.807) is 0 Å². The molecule has 0 radical (unpaired) electrons. The lowest BCUT2D eigenvalue weighted by atomic mass is 9.92. The van der Waals surface area contributed by atoms with Crippen LogP contribution in [0.15, 0.2) is 18.2 Å². The average Bonchev–Trinajstić information content (AvgIpc) is 2.42. The molecule has 1 aliphatic rings. The molecule has 1 heterocycles. The van der Waals surface area contributed by atoms with Crippen LogP contribution in [0.4, 0.5) is 5.69 Å². The van der Waals surface area contributed by atoms with Gasteiger partial charge in [-0.2, -0.15) is 0 Å². The molecule has 0 aromatic heterocycles. The second-order valence-corrected chi connectivity index (χ2v) is 5.45. The Hall–Kier alpha value is -1.55. The van der Waals surface area contributed by atoms with Crippen LogP contribution < -0.4 is 15.4 Å². The lowest BCUT2D eigenvalue weighted by Crippen LogP contribution is -2.48. The summed E-state index contributed by atoms with van der Waals surface area (Å²) in [5.41, 5.74) is 1.88. The minimum atomic E-state index is -0.0882. The summed E-state index contributed by atoms with van der Waals surface area (Å²) in [7, 11) is 0. The molecule has 0 saturated carbocycles. The third-order valence-electron chi connectivity index (χ3n) is 3.82. The Kier molecular flexibility index (Phi) is 5.01. The van der Waals surface area contributed by atoms with Crippen molar-refractivity contribution in [3.63, 3.8) is 0 Å². The number of benzene rings is 1. The van der Waals surface area contributed by atoms with Crippen molar-refractivity contribution < 1.29 is 9.53 Å². The molecule has 0 bridgehead atoms. The number of anilines is 1. The van der Waals surface area contributed by atoms with Crippen LogP contribution in [-0.2, 0) is 4.79 Å². The van der Waals surface area contributed by atoms with Gasteiger partial charge in [-0.25, -0.2) is 0 Å². The predicted octanol–water partition coefficient (Wildman–Crippen LogP) is 2.72. The first kappa shape index (κ1) is 14.9. The molecule has 1 amide bonds. The highest BCUT2D eigenvalue weighted by Crippen LogP contribution is 2.23. The number of aryl methyl sites for hydroxylation is 1. The number of amides is 1. The first-order valence-corrected chi connectivity index (χ1v) is 7.39. The first-order valence-electron chi connectivity index (χ1n) is 7.39. The highest BCUT2D eigenvalue weighted by Gasteiger charge is 2.27. The van der Waals surface area contributed by atoms with Gasteiger partial charge in [-0.3, -0.25) is 4.79 Å². The summed E-state index contributed by atoms with van der Waals surface area (Å²) in [4.78, 5) is 12.3. The summed E-state index contributed by atoms with van der Waals surface area (Å²) in [6, 6.07) is 5.67. The van der Waals surface area contributed by atoms with Crippen LogP contribution in [-0.4, -0.2) is 25.1 Å². The van der Waals surface area contributed by atoms with Gasteiger partial charge in [-0.1, -0.05) is 6.92 Å². The highest BCUT2D eigenvalue weighted by molar-refractivity contribution is 5.95. The van der Waals surface area contributed by atoms with E-state index in [1.165, 1.54) is 0 Å². The summed E-state index contributed by atoms with van der Waals surface area (Å²) >= 11 is 0. The van der Waals surface area contributed by atoms with Crippen LogP contribution in [0.3, 0.4) is 0 Å². The normalized spacial score (nSPS) is 22.4. The largest absolute Gasteiger partial charge is 0.494 e. The van der Waals surface area contributed by atoms with Crippen molar-refractivity contribution in [2.24, 2.45) is 5.92 Å². The van der Waals surface area contributed by atoms with E-state index < -0.39 is 0 Å². The van der Waals surface area contributed by atoms with Crippen molar-refractivity contribution in [1.29, 1.82) is 0 Å². The Labute approximate surface area is 120 Å². The van der Waals surface area contributed by atoms with Crippen LogP contribution in [0.1, 0.15) is 32.3 Å². The van der Waals surface area contributed by atoms with Gasteiger partial charge in [0.1, 0.15) is 5.75 Å². The SMILES string of the molecule is CCOc1ccc(NC(=O)C2NCCCC2C)c(C)c1. The van der Waals surface area contributed by atoms with Crippen molar-refractivity contribution >= 4 is 11.6 Å². The van der Waals surface area contributed by atoms with E-state index in [1.807, 2.05) is 32.0 Å². The maximum absolute atomic E-state index is 12.3. The van der Waals surface area contributed by atoms with E-state index >= 15 is 0 Å². The number of hydrogen-bond donors (Lipinski definition) is 2. The van der Waals surface area contributed by atoms with Gasteiger partial charge in [0.05, 0.1) is 12.6 Å². The second-order valence-electron chi connectivity index (χ2n) is 5.45. The number of rotatable bonds is 4. The van der Waals surface area contributed by atoms with Crippen molar-refractivity contribution in [2.75, 3.05) is 18.5 Å². The molecule has 2 N–H and O–H groups in total. The number of carbonyl (C=O) groups excluding carboxylic acids is 1. The van der Waals surface area contributed by atoms with Gasteiger partial charge in [0.2, 0.25) is 5.91 Å². The molecule has 4 nitrogen and oxygen atoms in total. The van der Waals surface area contributed by atoms with Gasteiger partial charge < -0.3 is 15.4 Å². The molecule has 0 aliphatic carbocycles. The zero-order chi connectivity index (χ0) is 14.5. The summed E-state index contributed by atoms with van der Waals surface area (Å²) in [6.07, 6.45) is 2.25. The number of ether oxygens (including phenoxy) is 1. The Morgan fingerprint density at radius 3 is 2.95 bits per heavy atom. The maximum Gasteiger partial charge on any atom is 0.241 e. The molecule has 110 valence electrons. The molecule has 1 aromatic carbocycles. The molecule has 1 aliphatic heterocycles. The lowest BCUT2D eigenvalue weighted by Gasteiger charge is -2.29. The Morgan fingerprint density at radius 2 is 2.30 bits per heavy atom. The van der Waals surface area contributed by atoms with E-state index in [4.69, 9.17) is 4.74 Å². The van der Waals surface area contributed by atoms with Crippen LogP contribution in [0.5, 0.6) is 5.75 Å². The Morgan fingerprint density at radius 1 is 1.50 bits per heavy atom. The summed E-state index contributed by atoms with van der Waals surface area (Å²) < 4.78 is 5.45. The fourth-order valence-corrected chi connectivity index (χ4v) is 2.64. The predicted molar refractivity (Wildman–Crippen MR) is 81.2 cm³/mol. The molecule has 2 unspecified atom stereocenters. The molecular formula is C16H24N2O2. The molecule has 1 saturated heterocycles. The topological polar surface area (TPSA) is 50.4 Å². The number of nitrogens with one attached hydrogen (secondary N) is 2. The van der Waals surface area contributed by atoms with Crippen LogP contribution >= 0.6 is 0 Å². The molecule has 1 fully saturated rings. The zero-order valence-electron chi connectivity index (χ0n) is 12.5. The van der Waals surface area contributed by atoms with E-state index in [9.17, 15) is 4.79 Å². The first-order chi connectivity index (χ1) is 9.61.